The number of hydrogen-bond donors (Lipinski definition) is 0. The Morgan fingerprint density at radius 1 is 0.545 bits per heavy atom. The van der Waals surface area contributed by atoms with Crippen LogP contribution in [0.2, 0.25) is 0 Å². The van der Waals surface area contributed by atoms with Crippen molar-refractivity contribution in [2.45, 2.75) is 23.1 Å². The van der Waals surface area contributed by atoms with Gasteiger partial charge in [-0.1, -0.05) is 0 Å². The van der Waals surface area contributed by atoms with Gasteiger partial charge in [0.1, 0.15) is 0 Å². The molecule has 0 aromatic heterocycles. The fraction of sp³-hybridized carbons (Fsp3) is 0.143. The molecule has 5 heteroatoms. The van der Waals surface area contributed by atoms with Crippen LogP contribution in [0, 0.1) is 0 Å². The monoisotopic (exact) mass is 603 g/mol. The van der Waals surface area contributed by atoms with E-state index in [4.69, 9.17) is 0 Å². The van der Waals surface area contributed by atoms with E-state index >= 15 is 0 Å². The van der Waals surface area contributed by atoms with Crippen molar-refractivity contribution in [1.29, 1.82) is 0 Å². The molecule has 0 bridgehead atoms. The maximum absolute atomic E-state index is 3.83. The molecule has 175 valence electrons. The van der Waals surface area contributed by atoms with Crippen LogP contribution in [0.5, 0.6) is 0 Å². The summed E-state index contributed by atoms with van der Waals surface area (Å²) >= 11 is 3.83. The van der Waals surface area contributed by atoms with Crippen molar-refractivity contribution in [3.8, 4) is 22.3 Å². The molecule has 33 heavy (non-hydrogen) atoms. The summed E-state index contributed by atoms with van der Waals surface area (Å²) in [5.74, 6) is 0. The molecular weight excluding hydrogens is 576 g/mol. The van der Waals surface area contributed by atoms with E-state index in [0.717, 1.165) is 17.2 Å². The largest absolute Gasteiger partial charge is 0.147 e. The van der Waals surface area contributed by atoms with Gasteiger partial charge >= 0.3 is 202 Å². The Hall–Kier alpha value is -1.02. The quantitative estimate of drug-likeness (QED) is 0.141. The van der Waals surface area contributed by atoms with Crippen molar-refractivity contribution in [1.82, 2.24) is 0 Å². The first-order chi connectivity index (χ1) is 15.1. The predicted octanol–water partition coefficient (Wildman–Crippen LogP) is 8.17. The Balaban J connectivity index is 0.00000193. The van der Waals surface area contributed by atoms with E-state index in [9.17, 15) is 0 Å². The molecule has 0 saturated heterocycles. The molecule has 0 saturated carbocycles. The zero-order valence-electron chi connectivity index (χ0n) is 18.4. The van der Waals surface area contributed by atoms with E-state index in [1.165, 1.54) is 45.7 Å². The first kappa shape index (κ1) is 28.2. The minimum atomic E-state index is 0. The zero-order chi connectivity index (χ0) is 21.5. The SMILES string of the molecule is CCC[C]([Pd])(Pc1ccc(-c2ccccc2)cc1)Pc1ccc(-c2ccccc2)cc1.Cl.Cl. The molecule has 0 nitrogen and oxygen atoms in total. The van der Waals surface area contributed by atoms with Gasteiger partial charge in [-0.25, -0.2) is 0 Å². The zero-order valence-corrected chi connectivity index (χ0v) is 23.6. The van der Waals surface area contributed by atoms with Gasteiger partial charge in [0.05, 0.1) is 0 Å². The second-order valence-corrected chi connectivity index (χ2v) is 14.2. The second-order valence-electron chi connectivity index (χ2n) is 7.64. The van der Waals surface area contributed by atoms with Crippen molar-refractivity contribution < 1.29 is 19.2 Å². The number of benzene rings is 4. The van der Waals surface area contributed by atoms with Gasteiger partial charge in [0.2, 0.25) is 0 Å². The van der Waals surface area contributed by atoms with Crippen LogP contribution in [0.25, 0.3) is 22.3 Å². The van der Waals surface area contributed by atoms with Crippen molar-refractivity contribution >= 4 is 52.6 Å². The second kappa shape index (κ2) is 13.8. The first-order valence-corrected chi connectivity index (χ1v) is 13.5. The number of rotatable bonds is 8. The van der Waals surface area contributed by atoms with Gasteiger partial charge in [0, 0.05) is 0 Å². The van der Waals surface area contributed by atoms with Crippen LogP contribution in [0.4, 0.5) is 0 Å². The summed E-state index contributed by atoms with van der Waals surface area (Å²) in [4.78, 5) is 0. The van der Waals surface area contributed by atoms with Crippen molar-refractivity contribution in [3.05, 3.63) is 109 Å². The van der Waals surface area contributed by atoms with Crippen molar-refractivity contribution in [2.24, 2.45) is 0 Å². The molecule has 0 amide bonds. The molecule has 0 fully saturated rings. The fourth-order valence-electron chi connectivity index (χ4n) is 3.68. The molecule has 0 aliphatic rings. The molecule has 2 unspecified atom stereocenters. The van der Waals surface area contributed by atoms with E-state index in [1.54, 1.807) is 0 Å². The molecule has 0 radical (unpaired) electrons. The molecule has 0 spiro atoms. The average molecular weight is 605 g/mol. The van der Waals surface area contributed by atoms with Crippen LogP contribution in [-0.2, 0) is 19.2 Å². The van der Waals surface area contributed by atoms with Gasteiger partial charge in [-0.3, -0.25) is 0 Å². The van der Waals surface area contributed by atoms with Gasteiger partial charge in [-0.15, -0.1) is 24.8 Å². The van der Waals surface area contributed by atoms with Crippen LogP contribution in [-0.4, -0.2) is 3.37 Å². The number of hydrogen-bond acceptors (Lipinski definition) is 0. The van der Waals surface area contributed by atoms with Crippen LogP contribution in [0.1, 0.15) is 19.8 Å². The van der Waals surface area contributed by atoms with E-state index in [0.29, 0.717) is 0 Å². The fourth-order valence-corrected chi connectivity index (χ4v) is 8.83. The molecule has 4 aromatic carbocycles. The number of halogens is 2. The molecule has 0 N–H and O–H groups in total. The van der Waals surface area contributed by atoms with Gasteiger partial charge in [0.15, 0.2) is 0 Å². The van der Waals surface area contributed by atoms with Gasteiger partial charge in [0.25, 0.3) is 0 Å². The average Bonchev–Trinajstić information content (AvgIpc) is 2.81. The third-order valence-corrected chi connectivity index (χ3v) is 10.0. The molecular formula is C28H29Cl2P2Pd. The van der Waals surface area contributed by atoms with Crippen LogP contribution >= 0.6 is 42.0 Å². The third kappa shape index (κ3) is 8.01. The Morgan fingerprint density at radius 3 is 1.21 bits per heavy atom. The first-order valence-electron chi connectivity index (χ1n) is 10.7. The van der Waals surface area contributed by atoms with Gasteiger partial charge in [-0.05, 0) is 0 Å². The molecule has 0 aliphatic carbocycles. The summed E-state index contributed by atoms with van der Waals surface area (Å²) in [6, 6.07) is 39.5. The van der Waals surface area contributed by atoms with Crippen LogP contribution in [0.3, 0.4) is 0 Å². The van der Waals surface area contributed by atoms with E-state index in [-0.39, 0.29) is 28.2 Å². The maximum atomic E-state index is 3.83. The molecule has 0 heterocycles. The van der Waals surface area contributed by atoms with Crippen LogP contribution in [0.15, 0.2) is 109 Å². The Kier molecular flexibility index (Phi) is 11.8. The maximum Gasteiger partial charge on any atom is -0.147 e. The molecule has 0 aliphatic heterocycles. The minimum absolute atomic E-state index is 0. The minimum Gasteiger partial charge on any atom is -0.147 e. The van der Waals surface area contributed by atoms with Crippen molar-refractivity contribution in [2.75, 3.05) is 0 Å². The van der Waals surface area contributed by atoms with Crippen LogP contribution < -0.4 is 10.6 Å². The standard InChI is InChI=1S/C28H27P2.2ClH.Pd/c1-2-9-28(29-26-18-14-24(15-19-26)22-10-5-3-6-11-22)30-27-20-16-25(17-21-27)23-12-7-4-8-13-23;;;/h3-8,10-21,29-30H,2,9H2,1H3;2*1H;. The third-order valence-electron chi connectivity index (χ3n) is 5.23. The summed E-state index contributed by atoms with van der Waals surface area (Å²) in [6.45, 7) is 2.29. The summed E-state index contributed by atoms with van der Waals surface area (Å²) in [5, 5.41) is 2.85. The Bertz CT molecular complexity index is 1000. The van der Waals surface area contributed by atoms with Crippen molar-refractivity contribution in [3.63, 3.8) is 0 Å². The Morgan fingerprint density at radius 2 is 0.879 bits per heavy atom. The summed E-state index contributed by atoms with van der Waals surface area (Å²) in [7, 11) is 1.50. The summed E-state index contributed by atoms with van der Waals surface area (Å²) in [5.41, 5.74) is 5.12. The summed E-state index contributed by atoms with van der Waals surface area (Å²) < 4.78 is 0.167. The Labute approximate surface area is 225 Å². The van der Waals surface area contributed by atoms with E-state index < -0.39 is 0 Å². The smallest absolute Gasteiger partial charge is 0.147 e. The molecule has 2 atom stereocenters. The van der Waals surface area contributed by atoms with E-state index in [1.807, 2.05) is 0 Å². The van der Waals surface area contributed by atoms with E-state index in [2.05, 4.69) is 135 Å². The van der Waals surface area contributed by atoms with Gasteiger partial charge < -0.3 is 0 Å². The molecule has 4 aromatic rings. The van der Waals surface area contributed by atoms with Gasteiger partial charge in [-0.2, -0.15) is 0 Å². The summed E-state index contributed by atoms with van der Waals surface area (Å²) in [6.07, 6.45) is 2.37. The predicted molar refractivity (Wildman–Crippen MR) is 152 cm³/mol. The molecule has 4 rings (SSSR count). The topological polar surface area (TPSA) is 0 Å². The normalized spacial score (nSPS) is 12.9.